The molecule has 0 atom stereocenters. The highest BCUT2D eigenvalue weighted by Gasteiger charge is 2.37. The highest BCUT2D eigenvalue weighted by Crippen LogP contribution is 2.44. The summed E-state index contributed by atoms with van der Waals surface area (Å²) in [7, 11) is 2.12. The van der Waals surface area contributed by atoms with Gasteiger partial charge in [-0.05, 0) is 77.9 Å². The minimum atomic E-state index is 0.721. The van der Waals surface area contributed by atoms with Gasteiger partial charge in [0, 0.05) is 12.1 Å². The second kappa shape index (κ2) is 7.49. The van der Waals surface area contributed by atoms with Crippen molar-refractivity contribution in [2.24, 2.45) is 5.41 Å². The fourth-order valence-corrected chi connectivity index (χ4v) is 3.53. The van der Waals surface area contributed by atoms with E-state index in [1.807, 2.05) is 13.8 Å². The normalized spacial score (nSPS) is 25.0. The zero-order valence-electron chi connectivity index (χ0n) is 13.3. The first-order chi connectivity index (χ1) is 8.65. The molecular weight excluding hydrogens is 220 g/mol. The van der Waals surface area contributed by atoms with Crippen LogP contribution in [0.3, 0.4) is 0 Å². The Morgan fingerprint density at radius 3 is 1.89 bits per heavy atom. The van der Waals surface area contributed by atoms with Gasteiger partial charge in [0.25, 0.3) is 0 Å². The number of piperidine rings is 1. The van der Waals surface area contributed by atoms with Crippen molar-refractivity contribution in [3.8, 4) is 0 Å². The van der Waals surface area contributed by atoms with Gasteiger partial charge in [-0.1, -0.05) is 13.8 Å². The van der Waals surface area contributed by atoms with E-state index in [0.717, 1.165) is 17.5 Å². The number of nitrogens with one attached hydrogen (secondary N) is 1. The molecule has 2 rings (SSSR count). The van der Waals surface area contributed by atoms with Crippen LogP contribution in [0, 0.1) is 5.41 Å². The molecule has 0 amide bonds. The first-order valence-corrected chi connectivity index (χ1v) is 8.06. The van der Waals surface area contributed by atoms with Crippen molar-refractivity contribution < 1.29 is 0 Å². The van der Waals surface area contributed by atoms with Crippen LogP contribution in [-0.2, 0) is 0 Å². The van der Waals surface area contributed by atoms with Gasteiger partial charge in [-0.3, -0.25) is 0 Å². The monoisotopic (exact) mass is 254 g/mol. The molecule has 1 aliphatic carbocycles. The molecule has 18 heavy (non-hydrogen) atoms. The van der Waals surface area contributed by atoms with Gasteiger partial charge in [-0.2, -0.15) is 0 Å². The van der Waals surface area contributed by atoms with Crippen molar-refractivity contribution in [1.82, 2.24) is 10.2 Å². The predicted octanol–water partition coefficient (Wildman–Crippen LogP) is 3.67. The van der Waals surface area contributed by atoms with Crippen LogP contribution in [0.1, 0.15) is 66.2 Å². The highest BCUT2D eigenvalue weighted by atomic mass is 15.2. The summed E-state index contributed by atoms with van der Waals surface area (Å²) < 4.78 is 0. The van der Waals surface area contributed by atoms with E-state index in [2.05, 4.69) is 31.1 Å². The topological polar surface area (TPSA) is 15.3 Å². The molecular formula is C16H34N2. The lowest BCUT2D eigenvalue weighted by Gasteiger charge is -2.47. The van der Waals surface area contributed by atoms with Gasteiger partial charge in [0.1, 0.15) is 0 Å². The average molecular weight is 254 g/mol. The smallest absolute Gasteiger partial charge is 0.00644 e. The van der Waals surface area contributed by atoms with Crippen LogP contribution in [0.25, 0.3) is 0 Å². The Labute approximate surface area is 115 Å². The van der Waals surface area contributed by atoms with Crippen molar-refractivity contribution in [2.75, 3.05) is 20.1 Å². The lowest BCUT2D eigenvalue weighted by molar-refractivity contribution is 0.0460. The van der Waals surface area contributed by atoms with E-state index in [4.69, 9.17) is 0 Å². The third-order valence-corrected chi connectivity index (χ3v) is 5.04. The summed E-state index contributed by atoms with van der Waals surface area (Å²) in [6.07, 6.45) is 8.62. The predicted molar refractivity (Wildman–Crippen MR) is 81.0 cm³/mol. The Morgan fingerprint density at radius 1 is 1.00 bits per heavy atom. The third-order valence-electron chi connectivity index (χ3n) is 5.04. The largest absolute Gasteiger partial charge is 0.317 e. The Hall–Kier alpha value is -0.0800. The van der Waals surface area contributed by atoms with Crippen molar-refractivity contribution in [3.63, 3.8) is 0 Å². The van der Waals surface area contributed by atoms with Crippen molar-refractivity contribution in [2.45, 2.75) is 78.3 Å². The molecule has 1 spiro atoms. The minimum absolute atomic E-state index is 0.721. The van der Waals surface area contributed by atoms with Crippen molar-refractivity contribution in [3.05, 3.63) is 0 Å². The highest BCUT2D eigenvalue weighted by molar-refractivity contribution is 4.92. The molecule has 1 N–H and O–H groups in total. The maximum absolute atomic E-state index is 3.44. The number of rotatable bonds is 2. The van der Waals surface area contributed by atoms with Gasteiger partial charge >= 0.3 is 0 Å². The molecule has 1 saturated heterocycles. The molecule has 2 aliphatic rings. The van der Waals surface area contributed by atoms with Crippen LogP contribution in [0.2, 0.25) is 0 Å². The first kappa shape index (κ1) is 16.0. The molecule has 2 fully saturated rings. The van der Waals surface area contributed by atoms with Gasteiger partial charge in [0.15, 0.2) is 0 Å². The van der Waals surface area contributed by atoms with Gasteiger partial charge in [-0.25, -0.2) is 0 Å². The Kier molecular flexibility index (Phi) is 6.65. The standard InChI is InChI=1S/C14H28N2.C2H6/c1-12(2)16-10-8-14(9-11-16)6-4-13(15-3)5-7-14;1-2/h12-13,15H,4-11H2,1-3H3;1-2H3. The molecule has 0 aromatic carbocycles. The van der Waals surface area contributed by atoms with Crippen LogP contribution in [0.15, 0.2) is 0 Å². The van der Waals surface area contributed by atoms with Crippen molar-refractivity contribution in [1.29, 1.82) is 0 Å². The lowest BCUT2D eigenvalue weighted by Crippen LogP contribution is -2.46. The quantitative estimate of drug-likeness (QED) is 0.809. The third kappa shape index (κ3) is 3.96. The molecule has 1 aliphatic heterocycles. The summed E-state index contributed by atoms with van der Waals surface area (Å²) in [4.78, 5) is 2.65. The summed E-state index contributed by atoms with van der Waals surface area (Å²) in [6.45, 7) is 11.3. The molecule has 0 radical (unpaired) electrons. The van der Waals surface area contributed by atoms with E-state index in [-0.39, 0.29) is 0 Å². The molecule has 2 heteroatoms. The molecule has 108 valence electrons. The van der Waals surface area contributed by atoms with E-state index < -0.39 is 0 Å². The number of nitrogens with zero attached hydrogens (tertiary/aromatic N) is 1. The number of likely N-dealkylation sites (tertiary alicyclic amines) is 1. The van der Waals surface area contributed by atoms with E-state index in [1.165, 1.54) is 51.6 Å². The maximum Gasteiger partial charge on any atom is 0.00644 e. The molecule has 0 aromatic heterocycles. The van der Waals surface area contributed by atoms with E-state index in [1.54, 1.807) is 0 Å². The number of hydrogen-bond acceptors (Lipinski definition) is 2. The maximum atomic E-state index is 3.44. The zero-order chi connectivity index (χ0) is 13.6. The lowest BCUT2D eigenvalue weighted by atomic mass is 9.67. The fraction of sp³-hybridized carbons (Fsp3) is 1.00. The average Bonchev–Trinajstić information content (AvgIpc) is 2.42. The molecule has 0 unspecified atom stereocenters. The summed E-state index contributed by atoms with van der Waals surface area (Å²) in [5, 5.41) is 3.44. The second-order valence-corrected chi connectivity index (χ2v) is 6.19. The zero-order valence-corrected chi connectivity index (χ0v) is 13.3. The van der Waals surface area contributed by atoms with E-state index in [0.29, 0.717) is 0 Å². The van der Waals surface area contributed by atoms with Gasteiger partial charge < -0.3 is 10.2 Å². The minimum Gasteiger partial charge on any atom is -0.317 e. The fourth-order valence-electron chi connectivity index (χ4n) is 3.53. The molecule has 2 nitrogen and oxygen atoms in total. The Morgan fingerprint density at radius 2 is 1.50 bits per heavy atom. The first-order valence-electron chi connectivity index (χ1n) is 8.06. The Balaban J connectivity index is 0.000000771. The molecule has 0 bridgehead atoms. The van der Waals surface area contributed by atoms with E-state index in [9.17, 15) is 0 Å². The van der Waals surface area contributed by atoms with Gasteiger partial charge in [-0.15, -0.1) is 0 Å². The van der Waals surface area contributed by atoms with Crippen LogP contribution in [-0.4, -0.2) is 37.1 Å². The van der Waals surface area contributed by atoms with Crippen molar-refractivity contribution >= 4 is 0 Å². The molecule has 1 saturated carbocycles. The van der Waals surface area contributed by atoms with Gasteiger partial charge in [0.2, 0.25) is 0 Å². The summed E-state index contributed by atoms with van der Waals surface area (Å²) in [5.41, 5.74) is 0.721. The summed E-state index contributed by atoms with van der Waals surface area (Å²) >= 11 is 0. The summed E-state index contributed by atoms with van der Waals surface area (Å²) in [5.74, 6) is 0. The molecule has 0 aromatic rings. The second-order valence-electron chi connectivity index (χ2n) is 6.19. The van der Waals surface area contributed by atoms with Crippen LogP contribution < -0.4 is 5.32 Å². The molecule has 1 heterocycles. The Bertz CT molecular complexity index is 207. The van der Waals surface area contributed by atoms with Gasteiger partial charge in [0.05, 0.1) is 0 Å². The van der Waals surface area contributed by atoms with Crippen LogP contribution in [0.5, 0.6) is 0 Å². The van der Waals surface area contributed by atoms with E-state index >= 15 is 0 Å². The SMILES string of the molecule is CC.CNC1CCC2(CC1)CCN(C(C)C)CC2. The summed E-state index contributed by atoms with van der Waals surface area (Å²) in [6, 6.07) is 1.54. The van der Waals surface area contributed by atoms with Crippen LogP contribution in [0.4, 0.5) is 0 Å². The van der Waals surface area contributed by atoms with Crippen LogP contribution >= 0.6 is 0 Å². The number of hydrogen-bond donors (Lipinski definition) is 1.